The van der Waals surface area contributed by atoms with Gasteiger partial charge in [-0.3, -0.25) is 4.79 Å². The number of hydrogen-bond donors (Lipinski definition) is 2. The number of carbonyl (C=O) groups is 1. The molecule has 4 rings (SSSR count). The van der Waals surface area contributed by atoms with E-state index < -0.39 is 11.6 Å². The van der Waals surface area contributed by atoms with Crippen LogP contribution in [0.5, 0.6) is 5.88 Å². The van der Waals surface area contributed by atoms with Gasteiger partial charge in [0.1, 0.15) is 5.67 Å². The summed E-state index contributed by atoms with van der Waals surface area (Å²) in [6, 6.07) is 1.35. The zero-order valence-corrected chi connectivity index (χ0v) is 13.6. The monoisotopic (exact) mass is 351 g/mol. The third kappa shape index (κ3) is 3.42. The van der Waals surface area contributed by atoms with Crippen LogP contribution in [0, 0.1) is 0 Å². The summed E-state index contributed by atoms with van der Waals surface area (Å²) in [4.78, 5) is 12.0. The maximum Gasteiger partial charge on any atom is 0.315 e. The van der Waals surface area contributed by atoms with Crippen molar-refractivity contribution in [2.24, 2.45) is 0 Å². The molecule has 2 aromatic rings. The van der Waals surface area contributed by atoms with E-state index in [9.17, 15) is 9.18 Å². The van der Waals surface area contributed by atoms with Crippen molar-refractivity contribution in [2.45, 2.75) is 43.3 Å². The van der Waals surface area contributed by atoms with Crippen molar-refractivity contribution in [1.82, 2.24) is 20.7 Å². The predicted molar refractivity (Wildman–Crippen MR) is 82.1 cm³/mol. The van der Waals surface area contributed by atoms with E-state index in [1.807, 2.05) is 0 Å². The first kappa shape index (κ1) is 15.9. The average Bonchev–Trinajstić information content (AvgIpc) is 3.12. The fourth-order valence-electron chi connectivity index (χ4n) is 2.82. The van der Waals surface area contributed by atoms with Crippen molar-refractivity contribution in [3.05, 3.63) is 17.7 Å². The Morgan fingerprint density at radius 3 is 2.92 bits per heavy atom. The van der Waals surface area contributed by atoms with Gasteiger partial charge in [-0.15, -0.1) is 5.10 Å². The molecule has 0 bridgehead atoms. The van der Waals surface area contributed by atoms with Crippen LogP contribution < -0.4 is 15.4 Å². The molecule has 0 atom stereocenters. The van der Waals surface area contributed by atoms with Crippen LogP contribution in [-0.2, 0) is 0 Å². The van der Waals surface area contributed by atoms with Gasteiger partial charge in [-0.2, -0.15) is 0 Å². The highest BCUT2D eigenvalue weighted by Crippen LogP contribution is 2.40. The van der Waals surface area contributed by atoms with Crippen molar-refractivity contribution in [3.8, 4) is 5.88 Å². The third-order valence-corrected chi connectivity index (χ3v) is 4.40. The average molecular weight is 351 g/mol. The van der Waals surface area contributed by atoms with Gasteiger partial charge in [-0.05, 0) is 18.0 Å². The Labute approximate surface area is 142 Å². The van der Waals surface area contributed by atoms with Crippen molar-refractivity contribution in [3.63, 3.8) is 0 Å². The van der Waals surface area contributed by atoms with Crippen LogP contribution in [0.2, 0.25) is 0 Å². The van der Waals surface area contributed by atoms with Gasteiger partial charge in [0.25, 0.3) is 11.8 Å². The SMILES string of the molecule is COc1cc(C(=O)NC2CC(F)(CNc3nnc(C4CC4)o3)C2)on1. The molecule has 0 aromatic carbocycles. The van der Waals surface area contributed by atoms with Crippen molar-refractivity contribution in [1.29, 1.82) is 0 Å². The minimum Gasteiger partial charge on any atom is -0.479 e. The number of halogens is 1. The number of hydrogen-bond acceptors (Lipinski definition) is 8. The van der Waals surface area contributed by atoms with Gasteiger partial charge in [0, 0.05) is 24.8 Å². The Bertz CT molecular complexity index is 766. The van der Waals surface area contributed by atoms with Gasteiger partial charge in [-0.25, -0.2) is 4.39 Å². The summed E-state index contributed by atoms with van der Waals surface area (Å²) in [6.45, 7) is 0.0573. The highest BCUT2D eigenvalue weighted by atomic mass is 19.1. The number of ether oxygens (including phenoxy) is 1. The van der Waals surface area contributed by atoms with Crippen LogP contribution in [0.1, 0.15) is 48.0 Å². The van der Waals surface area contributed by atoms with E-state index in [4.69, 9.17) is 13.7 Å². The number of anilines is 1. The van der Waals surface area contributed by atoms with E-state index in [-0.39, 0.29) is 43.1 Å². The summed E-state index contributed by atoms with van der Waals surface area (Å²) in [5.41, 5.74) is -1.43. The largest absolute Gasteiger partial charge is 0.479 e. The van der Waals surface area contributed by atoms with Gasteiger partial charge >= 0.3 is 6.01 Å². The first-order valence-electron chi connectivity index (χ1n) is 8.12. The van der Waals surface area contributed by atoms with Gasteiger partial charge < -0.3 is 24.3 Å². The Morgan fingerprint density at radius 1 is 1.44 bits per heavy atom. The molecule has 0 unspecified atom stereocenters. The second-order valence-electron chi connectivity index (χ2n) is 6.54. The van der Waals surface area contributed by atoms with Crippen molar-refractivity contribution < 1.29 is 22.9 Å². The van der Waals surface area contributed by atoms with E-state index in [0.717, 1.165) is 12.8 Å². The lowest BCUT2D eigenvalue weighted by Crippen LogP contribution is -2.55. The molecule has 2 heterocycles. The molecule has 25 heavy (non-hydrogen) atoms. The molecule has 2 aliphatic rings. The number of methoxy groups -OCH3 is 1. The first-order valence-corrected chi connectivity index (χ1v) is 8.12. The summed E-state index contributed by atoms with van der Waals surface area (Å²) in [7, 11) is 1.42. The minimum atomic E-state index is -1.43. The number of nitrogens with one attached hydrogen (secondary N) is 2. The normalized spacial score (nSPS) is 25.3. The molecule has 2 aliphatic carbocycles. The van der Waals surface area contributed by atoms with Crippen molar-refractivity contribution in [2.75, 3.05) is 19.0 Å². The molecule has 1 amide bonds. The quantitative estimate of drug-likeness (QED) is 0.774. The molecule has 10 heteroatoms. The van der Waals surface area contributed by atoms with Crippen LogP contribution in [0.15, 0.2) is 15.0 Å². The second kappa shape index (κ2) is 6.01. The van der Waals surface area contributed by atoms with E-state index in [1.54, 1.807) is 0 Å². The summed E-state index contributed by atoms with van der Waals surface area (Å²) in [5, 5.41) is 16.9. The van der Waals surface area contributed by atoms with Crippen LogP contribution in [0.25, 0.3) is 0 Å². The zero-order chi connectivity index (χ0) is 17.4. The van der Waals surface area contributed by atoms with Crippen LogP contribution in [-0.4, -0.2) is 46.6 Å². The molecule has 2 aromatic heterocycles. The lowest BCUT2D eigenvalue weighted by Gasteiger charge is -2.41. The third-order valence-electron chi connectivity index (χ3n) is 4.40. The lowest BCUT2D eigenvalue weighted by molar-refractivity contribution is 0.0380. The summed E-state index contributed by atoms with van der Waals surface area (Å²) in [5.74, 6) is 0.775. The van der Waals surface area contributed by atoms with Crippen LogP contribution >= 0.6 is 0 Å². The molecule has 2 fully saturated rings. The molecule has 0 radical (unpaired) electrons. The molecule has 2 saturated carbocycles. The maximum atomic E-state index is 14.6. The van der Waals surface area contributed by atoms with Gasteiger partial charge in [0.2, 0.25) is 11.7 Å². The van der Waals surface area contributed by atoms with E-state index in [0.29, 0.717) is 11.8 Å². The molecular weight excluding hydrogens is 333 g/mol. The van der Waals surface area contributed by atoms with Crippen LogP contribution in [0.3, 0.4) is 0 Å². The molecule has 0 saturated heterocycles. The molecule has 0 spiro atoms. The van der Waals surface area contributed by atoms with Crippen LogP contribution in [0.4, 0.5) is 10.4 Å². The fraction of sp³-hybridized carbons (Fsp3) is 0.600. The topological polar surface area (TPSA) is 115 Å². The van der Waals surface area contributed by atoms with E-state index in [1.165, 1.54) is 13.2 Å². The summed E-state index contributed by atoms with van der Waals surface area (Å²) >= 11 is 0. The summed E-state index contributed by atoms with van der Waals surface area (Å²) in [6.07, 6.45) is 2.52. The number of carbonyl (C=O) groups excluding carboxylic acids is 1. The molecule has 134 valence electrons. The number of aromatic nitrogens is 3. The molecule has 0 aliphatic heterocycles. The Morgan fingerprint density at radius 2 is 2.24 bits per heavy atom. The standard InChI is InChI=1S/C15H18FN5O4/c1-23-11-4-10(25-21-11)12(22)18-9-5-15(16,6-9)7-17-14-20-19-13(24-14)8-2-3-8/h4,8-9H,2-3,5-7H2,1H3,(H,17,20)(H,18,22). The van der Waals surface area contributed by atoms with Gasteiger partial charge in [0.15, 0.2) is 0 Å². The van der Waals surface area contributed by atoms with E-state index in [2.05, 4.69) is 26.0 Å². The smallest absolute Gasteiger partial charge is 0.315 e. The summed E-state index contributed by atoms with van der Waals surface area (Å²) < 4.78 is 29.7. The van der Waals surface area contributed by atoms with Gasteiger partial charge in [-0.1, -0.05) is 5.10 Å². The number of nitrogens with zero attached hydrogens (tertiary/aromatic N) is 3. The minimum absolute atomic E-state index is 0.0322. The zero-order valence-electron chi connectivity index (χ0n) is 13.6. The fourth-order valence-corrected chi connectivity index (χ4v) is 2.82. The molecule has 2 N–H and O–H groups in total. The Kier molecular flexibility index (Phi) is 3.81. The Hall–Kier alpha value is -2.65. The number of alkyl halides is 1. The van der Waals surface area contributed by atoms with Crippen molar-refractivity contribution >= 4 is 11.9 Å². The maximum absolute atomic E-state index is 14.6. The van der Waals surface area contributed by atoms with Gasteiger partial charge in [0.05, 0.1) is 19.7 Å². The number of amides is 1. The predicted octanol–water partition coefficient (Wildman–Crippen LogP) is 1.66. The highest BCUT2D eigenvalue weighted by molar-refractivity contribution is 5.91. The molecular formula is C15H18FN5O4. The first-order chi connectivity index (χ1) is 12.0. The second-order valence-corrected chi connectivity index (χ2v) is 6.54. The lowest BCUT2D eigenvalue weighted by atomic mass is 9.77. The highest BCUT2D eigenvalue weighted by Gasteiger charge is 2.46. The van der Waals surface area contributed by atoms with E-state index >= 15 is 0 Å². The number of rotatable bonds is 7. The Balaban J connectivity index is 1.23. The molecule has 9 nitrogen and oxygen atoms in total.